The molecule has 0 aliphatic rings. The largest absolute Gasteiger partial charge is 0.573 e. The molecule has 0 bridgehead atoms. The van der Waals surface area contributed by atoms with Gasteiger partial charge in [0, 0.05) is 16.3 Å². The zero-order chi connectivity index (χ0) is 18.5. The van der Waals surface area contributed by atoms with Gasteiger partial charge in [-0.05, 0) is 43.7 Å². The van der Waals surface area contributed by atoms with Crippen molar-refractivity contribution in [3.8, 4) is 17.2 Å². The molecule has 0 spiro atoms. The van der Waals surface area contributed by atoms with E-state index in [4.69, 9.17) is 4.42 Å². The number of nitrogens with zero attached hydrogens (tertiary/aromatic N) is 1. The Balaban J connectivity index is 1.84. The summed E-state index contributed by atoms with van der Waals surface area (Å²) in [6.07, 6.45) is -4.72. The highest BCUT2D eigenvalue weighted by molar-refractivity contribution is 5.89. The van der Waals surface area contributed by atoms with Gasteiger partial charge in [0.05, 0.1) is 5.52 Å². The maximum Gasteiger partial charge on any atom is 0.573 e. The van der Waals surface area contributed by atoms with Crippen molar-refractivity contribution in [1.82, 2.24) is 4.98 Å². The van der Waals surface area contributed by atoms with Crippen LogP contribution in [0.5, 0.6) is 5.75 Å². The molecule has 4 aromatic rings. The Hall–Kier alpha value is -3.02. The van der Waals surface area contributed by atoms with Gasteiger partial charge in [-0.3, -0.25) is 0 Å². The van der Waals surface area contributed by atoms with Gasteiger partial charge in [-0.15, -0.1) is 13.2 Å². The summed E-state index contributed by atoms with van der Waals surface area (Å²) in [5.74, 6) is 0.403. The third-order valence-corrected chi connectivity index (χ3v) is 4.27. The fourth-order valence-electron chi connectivity index (χ4n) is 3.12. The number of pyridine rings is 1. The van der Waals surface area contributed by atoms with Gasteiger partial charge in [-0.1, -0.05) is 24.3 Å². The van der Waals surface area contributed by atoms with Crippen LogP contribution in [0.2, 0.25) is 0 Å². The van der Waals surface area contributed by atoms with Crippen LogP contribution in [0.1, 0.15) is 11.1 Å². The maximum atomic E-state index is 12.5. The number of aromatic nitrogens is 1. The highest BCUT2D eigenvalue weighted by Crippen LogP contribution is 2.34. The number of hydrogen-bond acceptors (Lipinski definition) is 3. The van der Waals surface area contributed by atoms with Gasteiger partial charge in [0.1, 0.15) is 17.0 Å². The molecule has 26 heavy (non-hydrogen) atoms. The Kier molecular flexibility index (Phi) is 3.64. The zero-order valence-corrected chi connectivity index (χ0v) is 14.0. The lowest BCUT2D eigenvalue weighted by atomic mass is 10.1. The van der Waals surface area contributed by atoms with Gasteiger partial charge in [0.2, 0.25) is 0 Å². The first-order chi connectivity index (χ1) is 12.3. The predicted octanol–water partition coefficient (Wildman–Crippen LogP) is 6.16. The van der Waals surface area contributed by atoms with Crippen LogP contribution in [0.3, 0.4) is 0 Å². The summed E-state index contributed by atoms with van der Waals surface area (Å²) in [6, 6.07) is 13.8. The number of para-hydroxylation sites is 1. The number of ether oxygens (including phenoxy) is 1. The minimum Gasteiger partial charge on any atom is -0.454 e. The average molecular weight is 357 g/mol. The molecule has 2 heterocycles. The van der Waals surface area contributed by atoms with E-state index in [2.05, 4.69) is 9.72 Å². The van der Waals surface area contributed by atoms with Crippen LogP contribution in [0, 0.1) is 13.8 Å². The second-order valence-corrected chi connectivity index (χ2v) is 6.11. The van der Waals surface area contributed by atoms with Gasteiger partial charge < -0.3 is 9.15 Å². The summed E-state index contributed by atoms with van der Waals surface area (Å²) < 4.78 is 47.3. The summed E-state index contributed by atoms with van der Waals surface area (Å²) in [7, 11) is 0. The molecule has 0 saturated heterocycles. The molecule has 0 fully saturated rings. The third-order valence-electron chi connectivity index (χ3n) is 4.27. The van der Waals surface area contributed by atoms with Gasteiger partial charge in [0.15, 0.2) is 5.76 Å². The molecule has 2 aromatic carbocycles. The first-order valence-corrected chi connectivity index (χ1v) is 7.97. The van der Waals surface area contributed by atoms with Crippen molar-refractivity contribution in [3.05, 3.63) is 59.7 Å². The van der Waals surface area contributed by atoms with Crippen molar-refractivity contribution in [2.45, 2.75) is 20.2 Å². The number of benzene rings is 2. The first-order valence-electron chi connectivity index (χ1n) is 7.97. The minimum absolute atomic E-state index is 0.253. The fraction of sp³-hybridized carbons (Fsp3) is 0.150. The Morgan fingerprint density at radius 1 is 1.00 bits per heavy atom. The first kappa shape index (κ1) is 16.4. The van der Waals surface area contributed by atoms with E-state index >= 15 is 0 Å². The number of aryl methyl sites for hydroxylation is 2. The van der Waals surface area contributed by atoms with Gasteiger partial charge in [0.25, 0.3) is 0 Å². The number of halogens is 3. The molecular formula is C20H14F3NO2. The quantitative estimate of drug-likeness (QED) is 0.431. The molecule has 0 aliphatic heterocycles. The summed E-state index contributed by atoms with van der Waals surface area (Å²) >= 11 is 0. The molecule has 4 rings (SSSR count). The van der Waals surface area contributed by atoms with Crippen LogP contribution in [0.15, 0.2) is 52.9 Å². The molecule has 2 aromatic heterocycles. The molecule has 0 radical (unpaired) electrons. The van der Waals surface area contributed by atoms with E-state index in [1.54, 1.807) is 19.1 Å². The van der Waals surface area contributed by atoms with E-state index in [1.165, 1.54) is 12.1 Å². The molecule has 0 saturated carbocycles. The SMILES string of the molecule is Cc1c(-c2ccc3cc(OC(F)(F)F)cc(C)c3n2)oc2ccccc12. The molecule has 0 amide bonds. The summed E-state index contributed by atoms with van der Waals surface area (Å²) in [4.78, 5) is 4.61. The normalized spacial score (nSPS) is 12.0. The maximum absolute atomic E-state index is 12.5. The average Bonchev–Trinajstić information content (AvgIpc) is 2.90. The lowest BCUT2D eigenvalue weighted by molar-refractivity contribution is -0.274. The number of furan rings is 1. The molecule has 0 N–H and O–H groups in total. The van der Waals surface area contributed by atoms with Gasteiger partial charge in [-0.2, -0.15) is 0 Å². The van der Waals surface area contributed by atoms with Crippen molar-refractivity contribution in [2.24, 2.45) is 0 Å². The third kappa shape index (κ3) is 2.87. The van der Waals surface area contributed by atoms with E-state index in [1.807, 2.05) is 31.2 Å². The van der Waals surface area contributed by atoms with Crippen molar-refractivity contribution in [1.29, 1.82) is 0 Å². The Bertz CT molecular complexity index is 1130. The van der Waals surface area contributed by atoms with E-state index < -0.39 is 6.36 Å². The van der Waals surface area contributed by atoms with Crippen LogP contribution in [-0.2, 0) is 0 Å². The van der Waals surface area contributed by atoms with Crippen LogP contribution in [0.4, 0.5) is 13.2 Å². The number of alkyl halides is 3. The summed E-state index contributed by atoms with van der Waals surface area (Å²) in [5, 5.41) is 1.58. The molecule has 6 heteroatoms. The van der Waals surface area contributed by atoms with Crippen molar-refractivity contribution >= 4 is 21.9 Å². The minimum atomic E-state index is -4.72. The summed E-state index contributed by atoms with van der Waals surface area (Å²) in [5.41, 5.74) is 3.59. The van der Waals surface area contributed by atoms with Crippen LogP contribution in [-0.4, -0.2) is 11.3 Å². The van der Waals surface area contributed by atoms with Crippen LogP contribution in [0.25, 0.3) is 33.3 Å². The van der Waals surface area contributed by atoms with E-state index in [-0.39, 0.29) is 5.75 Å². The molecular weight excluding hydrogens is 343 g/mol. The van der Waals surface area contributed by atoms with Crippen LogP contribution < -0.4 is 4.74 Å². The lowest BCUT2D eigenvalue weighted by Crippen LogP contribution is -2.17. The molecule has 0 unspecified atom stereocenters. The molecule has 0 aliphatic carbocycles. The van der Waals surface area contributed by atoms with Crippen molar-refractivity contribution < 1.29 is 22.3 Å². The Morgan fingerprint density at radius 3 is 2.50 bits per heavy atom. The van der Waals surface area contributed by atoms with Crippen LogP contribution >= 0.6 is 0 Å². The monoisotopic (exact) mass is 357 g/mol. The summed E-state index contributed by atoms with van der Waals surface area (Å²) in [6.45, 7) is 3.66. The fourth-order valence-corrected chi connectivity index (χ4v) is 3.12. The topological polar surface area (TPSA) is 35.3 Å². The predicted molar refractivity (Wildman–Crippen MR) is 93.1 cm³/mol. The highest BCUT2D eigenvalue weighted by atomic mass is 19.4. The smallest absolute Gasteiger partial charge is 0.454 e. The second kappa shape index (κ2) is 5.76. The second-order valence-electron chi connectivity index (χ2n) is 6.11. The Labute approximate surface area is 147 Å². The van der Waals surface area contributed by atoms with E-state index in [0.717, 1.165) is 16.5 Å². The standard InChI is InChI=1S/C20H14F3NO2/c1-11-9-14(26-20(21,22)23)10-13-7-8-16(24-18(11)13)19-12(2)15-5-3-4-6-17(15)25-19/h3-10H,1-2H3. The van der Waals surface area contributed by atoms with Gasteiger partial charge >= 0.3 is 6.36 Å². The van der Waals surface area contributed by atoms with E-state index in [0.29, 0.717) is 27.9 Å². The van der Waals surface area contributed by atoms with Crippen molar-refractivity contribution in [3.63, 3.8) is 0 Å². The lowest BCUT2D eigenvalue weighted by Gasteiger charge is -2.11. The number of hydrogen-bond donors (Lipinski definition) is 0. The molecule has 132 valence electrons. The highest BCUT2D eigenvalue weighted by Gasteiger charge is 2.31. The zero-order valence-electron chi connectivity index (χ0n) is 14.0. The van der Waals surface area contributed by atoms with E-state index in [9.17, 15) is 13.2 Å². The molecule has 0 atom stereocenters. The Morgan fingerprint density at radius 2 is 1.77 bits per heavy atom. The van der Waals surface area contributed by atoms with Gasteiger partial charge in [-0.25, -0.2) is 4.98 Å². The number of rotatable bonds is 2. The van der Waals surface area contributed by atoms with Crippen molar-refractivity contribution in [2.75, 3.05) is 0 Å². The number of fused-ring (bicyclic) bond motifs is 2. The molecule has 3 nitrogen and oxygen atoms in total.